The van der Waals surface area contributed by atoms with Crippen molar-refractivity contribution in [3.8, 4) is 23.0 Å². The topological polar surface area (TPSA) is 86.5 Å². The molecule has 1 aromatic heterocycles. The number of benzene rings is 2. The van der Waals surface area contributed by atoms with Crippen LogP contribution in [0, 0.1) is 0 Å². The lowest BCUT2D eigenvalue weighted by atomic mass is 10.1. The van der Waals surface area contributed by atoms with Crippen LogP contribution < -0.4 is 14.8 Å². The fourth-order valence-corrected chi connectivity index (χ4v) is 3.45. The Morgan fingerprint density at radius 2 is 1.86 bits per heavy atom. The summed E-state index contributed by atoms with van der Waals surface area (Å²) in [6.45, 7) is 3.14. The zero-order valence-electron chi connectivity index (χ0n) is 15.3. The second-order valence-electron chi connectivity index (χ2n) is 6.07. The highest BCUT2D eigenvalue weighted by molar-refractivity contribution is 7.99. The average Bonchev–Trinajstić information content (AvgIpc) is 3.17. The minimum Gasteiger partial charge on any atom is -0.486 e. The third-order valence-electron chi connectivity index (χ3n) is 4.06. The van der Waals surface area contributed by atoms with Crippen LogP contribution in [0.1, 0.15) is 12.5 Å². The first-order chi connectivity index (χ1) is 13.7. The van der Waals surface area contributed by atoms with Gasteiger partial charge < -0.3 is 13.9 Å². The van der Waals surface area contributed by atoms with Gasteiger partial charge in [-0.1, -0.05) is 24.2 Å². The zero-order valence-corrected chi connectivity index (χ0v) is 16.1. The first-order valence-electron chi connectivity index (χ1n) is 8.96. The van der Waals surface area contributed by atoms with Gasteiger partial charge in [0.1, 0.15) is 13.2 Å². The number of nitrogens with zero attached hydrogens (tertiary/aromatic N) is 2. The van der Waals surface area contributed by atoms with Crippen molar-refractivity contribution in [1.29, 1.82) is 0 Å². The van der Waals surface area contributed by atoms with Crippen molar-refractivity contribution in [2.75, 3.05) is 24.3 Å². The van der Waals surface area contributed by atoms with E-state index in [2.05, 4.69) is 22.4 Å². The number of carbonyl (C=O) groups is 1. The Morgan fingerprint density at radius 3 is 2.64 bits per heavy atom. The summed E-state index contributed by atoms with van der Waals surface area (Å²) in [5.41, 5.74) is 1.62. The van der Waals surface area contributed by atoms with Gasteiger partial charge in [-0.2, -0.15) is 0 Å². The lowest BCUT2D eigenvalue weighted by Crippen LogP contribution is -2.15. The van der Waals surface area contributed by atoms with Crippen molar-refractivity contribution < 1.29 is 18.7 Å². The van der Waals surface area contributed by atoms with Crippen molar-refractivity contribution in [1.82, 2.24) is 10.2 Å². The smallest absolute Gasteiger partial charge is 0.322 e. The van der Waals surface area contributed by atoms with Crippen molar-refractivity contribution in [2.24, 2.45) is 0 Å². The van der Waals surface area contributed by atoms with E-state index in [-0.39, 0.29) is 18.3 Å². The highest BCUT2D eigenvalue weighted by atomic mass is 32.2. The average molecular weight is 397 g/mol. The zero-order chi connectivity index (χ0) is 19.3. The van der Waals surface area contributed by atoms with Crippen LogP contribution in [0.3, 0.4) is 0 Å². The van der Waals surface area contributed by atoms with Gasteiger partial charge >= 0.3 is 6.01 Å². The van der Waals surface area contributed by atoms with Gasteiger partial charge in [0.25, 0.3) is 0 Å². The van der Waals surface area contributed by atoms with Crippen LogP contribution in [0.2, 0.25) is 0 Å². The van der Waals surface area contributed by atoms with Crippen molar-refractivity contribution >= 4 is 23.7 Å². The van der Waals surface area contributed by atoms with E-state index < -0.39 is 0 Å². The van der Waals surface area contributed by atoms with Crippen LogP contribution in [0.5, 0.6) is 11.5 Å². The maximum Gasteiger partial charge on any atom is 0.322 e. The van der Waals surface area contributed by atoms with Gasteiger partial charge in [-0.05, 0) is 41.6 Å². The standard InChI is InChI=1S/C20H19N3O4S/c1-2-28-15-6-3-13(4-7-15)11-18(24)21-20-23-22-19(27-20)14-5-8-16-17(12-14)26-10-9-25-16/h3-8,12H,2,9-11H2,1H3,(H,21,23,24). The van der Waals surface area contributed by atoms with Crippen LogP contribution >= 0.6 is 11.8 Å². The quantitative estimate of drug-likeness (QED) is 0.633. The number of thioether (sulfide) groups is 1. The molecule has 1 N–H and O–H groups in total. The van der Waals surface area contributed by atoms with E-state index in [0.29, 0.717) is 36.2 Å². The molecule has 4 rings (SSSR count). The number of nitrogens with one attached hydrogen (secondary N) is 1. The van der Waals surface area contributed by atoms with Gasteiger partial charge in [0.15, 0.2) is 11.5 Å². The molecule has 28 heavy (non-hydrogen) atoms. The fourth-order valence-electron chi connectivity index (χ4n) is 2.79. The molecule has 0 unspecified atom stereocenters. The molecule has 1 aliphatic heterocycles. The number of hydrogen-bond donors (Lipinski definition) is 1. The molecule has 1 aliphatic rings. The number of carbonyl (C=O) groups excluding carboxylic acids is 1. The van der Waals surface area contributed by atoms with Crippen LogP contribution in [-0.2, 0) is 11.2 Å². The number of anilines is 1. The van der Waals surface area contributed by atoms with Gasteiger partial charge in [-0.15, -0.1) is 16.9 Å². The molecule has 7 nitrogen and oxygen atoms in total. The van der Waals surface area contributed by atoms with E-state index in [9.17, 15) is 4.79 Å². The first kappa shape index (κ1) is 18.4. The third-order valence-corrected chi connectivity index (χ3v) is 4.95. The van der Waals surface area contributed by atoms with Crippen LogP contribution in [0.4, 0.5) is 6.01 Å². The highest BCUT2D eigenvalue weighted by Gasteiger charge is 2.16. The summed E-state index contributed by atoms with van der Waals surface area (Å²) in [4.78, 5) is 13.4. The number of rotatable bonds is 6. The van der Waals surface area contributed by atoms with E-state index in [1.165, 1.54) is 4.90 Å². The number of aromatic nitrogens is 2. The van der Waals surface area contributed by atoms with Crippen LogP contribution in [0.25, 0.3) is 11.5 Å². The number of amides is 1. The second-order valence-corrected chi connectivity index (χ2v) is 7.41. The predicted octanol–water partition coefficient (Wildman–Crippen LogP) is 3.80. The Kier molecular flexibility index (Phi) is 5.48. The summed E-state index contributed by atoms with van der Waals surface area (Å²) in [7, 11) is 0. The Balaban J connectivity index is 1.39. The molecule has 0 bridgehead atoms. The van der Waals surface area contributed by atoms with E-state index >= 15 is 0 Å². The van der Waals surface area contributed by atoms with Crippen molar-refractivity contribution in [2.45, 2.75) is 18.2 Å². The Labute approximate surface area is 166 Å². The second kappa shape index (κ2) is 8.35. The summed E-state index contributed by atoms with van der Waals surface area (Å²) in [5, 5.41) is 10.5. The normalized spacial score (nSPS) is 12.6. The van der Waals surface area contributed by atoms with Gasteiger partial charge in [0.2, 0.25) is 11.8 Å². The minimum atomic E-state index is -0.215. The summed E-state index contributed by atoms with van der Waals surface area (Å²) < 4.78 is 16.6. The van der Waals surface area contributed by atoms with E-state index in [1.54, 1.807) is 23.9 Å². The maximum atomic E-state index is 12.2. The van der Waals surface area contributed by atoms with Crippen LogP contribution in [-0.4, -0.2) is 35.1 Å². The monoisotopic (exact) mass is 397 g/mol. The molecule has 2 aromatic carbocycles. The summed E-state index contributed by atoms with van der Waals surface area (Å²) >= 11 is 1.76. The van der Waals surface area contributed by atoms with Gasteiger partial charge in [0, 0.05) is 10.5 Å². The number of ether oxygens (including phenoxy) is 2. The highest BCUT2D eigenvalue weighted by Crippen LogP contribution is 2.34. The number of hydrogen-bond acceptors (Lipinski definition) is 7. The fraction of sp³-hybridized carbons (Fsp3) is 0.250. The summed E-state index contributed by atoms with van der Waals surface area (Å²) in [5.74, 6) is 2.42. The summed E-state index contributed by atoms with van der Waals surface area (Å²) in [6, 6.07) is 13.4. The SMILES string of the molecule is CCSc1ccc(CC(=O)Nc2nnc(-c3ccc4c(c3)OCCO4)o2)cc1. The van der Waals surface area contributed by atoms with Gasteiger partial charge in [0.05, 0.1) is 6.42 Å². The molecule has 2 heterocycles. The van der Waals surface area contributed by atoms with E-state index in [0.717, 1.165) is 11.3 Å². The molecule has 3 aromatic rings. The lowest BCUT2D eigenvalue weighted by molar-refractivity contribution is -0.115. The van der Waals surface area contributed by atoms with Crippen molar-refractivity contribution in [3.05, 3.63) is 48.0 Å². The van der Waals surface area contributed by atoms with E-state index in [1.807, 2.05) is 30.3 Å². The Bertz CT molecular complexity index is 972. The Morgan fingerprint density at radius 1 is 1.07 bits per heavy atom. The molecule has 0 radical (unpaired) electrons. The van der Waals surface area contributed by atoms with Gasteiger partial charge in [-0.25, -0.2) is 0 Å². The van der Waals surface area contributed by atoms with E-state index in [4.69, 9.17) is 13.9 Å². The molecule has 0 saturated heterocycles. The Hall–Kier alpha value is -3.00. The lowest BCUT2D eigenvalue weighted by Gasteiger charge is -2.18. The molecule has 0 spiro atoms. The largest absolute Gasteiger partial charge is 0.486 e. The first-order valence-corrected chi connectivity index (χ1v) is 9.95. The molecule has 0 fully saturated rings. The minimum absolute atomic E-state index is 0.0630. The molecule has 0 aliphatic carbocycles. The van der Waals surface area contributed by atoms with Crippen LogP contribution in [0.15, 0.2) is 51.8 Å². The van der Waals surface area contributed by atoms with Gasteiger partial charge in [-0.3, -0.25) is 10.1 Å². The van der Waals surface area contributed by atoms with Crippen molar-refractivity contribution in [3.63, 3.8) is 0 Å². The molecule has 0 atom stereocenters. The molecular weight excluding hydrogens is 378 g/mol. The molecule has 0 saturated carbocycles. The third kappa shape index (κ3) is 4.28. The molecule has 144 valence electrons. The summed E-state index contributed by atoms with van der Waals surface area (Å²) in [6.07, 6.45) is 0.235. The molecule has 1 amide bonds. The molecule has 8 heteroatoms. The predicted molar refractivity (Wildman–Crippen MR) is 106 cm³/mol. The molecular formula is C20H19N3O4S. The maximum absolute atomic E-state index is 12.2. The number of fused-ring (bicyclic) bond motifs is 1.